The molecule has 0 aliphatic heterocycles. The number of rotatable bonds is 6. The number of benzene rings is 1. The molecule has 0 bridgehead atoms. The number of nitrogen functional groups attached to an aromatic ring is 1. The lowest BCUT2D eigenvalue weighted by Crippen LogP contribution is -2.41. The van der Waals surface area contributed by atoms with Crippen molar-refractivity contribution in [2.75, 3.05) is 5.73 Å². The lowest BCUT2D eigenvalue weighted by molar-refractivity contribution is -0.121. The third kappa shape index (κ3) is 4.21. The van der Waals surface area contributed by atoms with Gasteiger partial charge in [-0.05, 0) is 38.0 Å². The number of carbonyl (C=O) groups is 1. The van der Waals surface area contributed by atoms with Gasteiger partial charge in [0, 0.05) is 16.8 Å². The Balaban J connectivity index is 2.85. The second-order valence-corrected chi connectivity index (χ2v) is 6.82. The fraction of sp³-hybridized carbons (Fsp3) is 0.500. The zero-order valence-electron chi connectivity index (χ0n) is 12.0. The highest BCUT2D eigenvalue weighted by atomic mass is 35.5. The Morgan fingerprint density at radius 2 is 2.00 bits per heavy atom. The summed E-state index contributed by atoms with van der Waals surface area (Å²) in [4.78, 5) is 12.5. The van der Waals surface area contributed by atoms with Crippen molar-refractivity contribution in [2.24, 2.45) is 0 Å². The Morgan fingerprint density at radius 1 is 1.40 bits per heavy atom. The quantitative estimate of drug-likeness (QED) is 0.793. The van der Waals surface area contributed by atoms with E-state index in [0.717, 1.165) is 12.8 Å². The largest absolute Gasteiger partial charge is 0.398 e. The molecule has 4 nitrogen and oxygen atoms in total. The molecule has 2 atom stereocenters. The number of amides is 1. The van der Waals surface area contributed by atoms with E-state index in [0.29, 0.717) is 15.6 Å². The molecule has 0 radical (unpaired) electrons. The second kappa shape index (κ2) is 7.64. The number of hydrogen-bond donors (Lipinski definition) is 2. The first kappa shape index (κ1) is 17.0. The van der Waals surface area contributed by atoms with E-state index < -0.39 is 16.0 Å². The van der Waals surface area contributed by atoms with Crippen LogP contribution in [0.1, 0.15) is 33.6 Å². The van der Waals surface area contributed by atoms with Gasteiger partial charge in [0.25, 0.3) is 0 Å². The number of anilines is 1. The number of hydrogen-bond acceptors (Lipinski definition) is 3. The van der Waals surface area contributed by atoms with Crippen LogP contribution in [0.4, 0.5) is 5.69 Å². The van der Waals surface area contributed by atoms with Gasteiger partial charge < -0.3 is 11.1 Å². The van der Waals surface area contributed by atoms with E-state index in [9.17, 15) is 9.00 Å². The summed E-state index contributed by atoms with van der Waals surface area (Å²) in [5, 5.41) is 2.68. The summed E-state index contributed by atoms with van der Waals surface area (Å²) in [6.45, 7) is 5.64. The first-order valence-electron chi connectivity index (χ1n) is 6.66. The predicted octanol–water partition coefficient (Wildman–Crippen LogP) is 2.72. The van der Waals surface area contributed by atoms with E-state index in [-0.39, 0.29) is 11.9 Å². The van der Waals surface area contributed by atoms with E-state index in [1.807, 2.05) is 13.8 Å². The fourth-order valence-electron chi connectivity index (χ4n) is 1.78. The van der Waals surface area contributed by atoms with E-state index >= 15 is 0 Å². The van der Waals surface area contributed by atoms with Crippen LogP contribution in [-0.2, 0) is 15.6 Å². The van der Waals surface area contributed by atoms with Gasteiger partial charge in [0.2, 0.25) is 5.91 Å². The van der Waals surface area contributed by atoms with Crippen molar-refractivity contribution in [1.29, 1.82) is 0 Å². The normalized spacial score (nSPS) is 14.1. The summed E-state index contributed by atoms with van der Waals surface area (Å²) in [5.41, 5.74) is 6.18. The summed E-state index contributed by atoms with van der Waals surface area (Å²) in [6.07, 6.45) is 1.70. The Kier molecular flexibility index (Phi) is 6.49. The molecule has 1 rings (SSSR count). The van der Waals surface area contributed by atoms with Crippen LogP contribution >= 0.6 is 11.6 Å². The molecular formula is C14H21ClN2O2S. The summed E-state index contributed by atoms with van der Waals surface area (Å²) in [6, 6.07) is 4.89. The van der Waals surface area contributed by atoms with Crippen LogP contribution in [0, 0.1) is 0 Å². The van der Waals surface area contributed by atoms with Crippen molar-refractivity contribution in [3.8, 4) is 0 Å². The van der Waals surface area contributed by atoms with Crippen molar-refractivity contribution in [2.45, 2.75) is 49.8 Å². The molecule has 0 aliphatic carbocycles. The van der Waals surface area contributed by atoms with Crippen LogP contribution in [0.5, 0.6) is 0 Å². The maximum atomic E-state index is 12.4. The second-order valence-electron chi connectivity index (χ2n) is 4.64. The van der Waals surface area contributed by atoms with Gasteiger partial charge in [-0.3, -0.25) is 9.00 Å². The van der Waals surface area contributed by atoms with Gasteiger partial charge >= 0.3 is 0 Å². The predicted molar refractivity (Wildman–Crippen MR) is 84.2 cm³/mol. The zero-order valence-corrected chi connectivity index (χ0v) is 13.6. The first-order valence-corrected chi connectivity index (χ1v) is 8.25. The Labute approximate surface area is 127 Å². The SMILES string of the molecule is CCC(CC)NC(=O)C(C)S(=O)c1cc(Cl)ccc1N. The molecule has 0 fully saturated rings. The third-order valence-corrected chi connectivity index (χ3v) is 5.09. The van der Waals surface area contributed by atoms with Crippen LogP contribution in [0.2, 0.25) is 5.02 Å². The maximum Gasteiger partial charge on any atom is 0.236 e. The molecule has 1 aromatic carbocycles. The Morgan fingerprint density at radius 3 is 2.55 bits per heavy atom. The molecule has 0 heterocycles. The molecule has 3 N–H and O–H groups in total. The van der Waals surface area contributed by atoms with Gasteiger partial charge in [-0.15, -0.1) is 0 Å². The van der Waals surface area contributed by atoms with Gasteiger partial charge in [-0.1, -0.05) is 25.4 Å². The first-order chi connectivity index (χ1) is 9.40. The van der Waals surface area contributed by atoms with Crippen LogP contribution in [0.25, 0.3) is 0 Å². The Hall–Kier alpha value is -1.07. The highest BCUT2D eigenvalue weighted by Crippen LogP contribution is 2.23. The lowest BCUT2D eigenvalue weighted by Gasteiger charge is -2.18. The Bertz CT molecular complexity index is 504. The minimum atomic E-state index is -1.52. The van der Waals surface area contributed by atoms with Crippen molar-refractivity contribution in [3.05, 3.63) is 23.2 Å². The maximum absolute atomic E-state index is 12.4. The molecule has 1 amide bonds. The molecular weight excluding hydrogens is 296 g/mol. The molecule has 20 heavy (non-hydrogen) atoms. The third-order valence-electron chi connectivity index (χ3n) is 3.21. The standard InChI is InChI=1S/C14H21ClN2O2S/c1-4-11(5-2)17-14(18)9(3)20(19)13-8-10(15)6-7-12(13)16/h6-9,11H,4-5,16H2,1-3H3,(H,17,18). The number of nitrogens with two attached hydrogens (primary N) is 1. The molecule has 112 valence electrons. The topological polar surface area (TPSA) is 72.2 Å². The molecule has 0 aliphatic rings. The average molecular weight is 317 g/mol. The van der Waals surface area contributed by atoms with Gasteiger partial charge in [0.1, 0.15) is 5.25 Å². The van der Waals surface area contributed by atoms with Crippen molar-refractivity contribution >= 4 is 34.0 Å². The van der Waals surface area contributed by atoms with E-state index in [2.05, 4.69) is 5.32 Å². The molecule has 6 heteroatoms. The van der Waals surface area contributed by atoms with Crippen molar-refractivity contribution in [1.82, 2.24) is 5.32 Å². The van der Waals surface area contributed by atoms with Gasteiger partial charge in [0.05, 0.1) is 15.7 Å². The average Bonchev–Trinajstić information content (AvgIpc) is 2.45. The molecule has 2 unspecified atom stereocenters. The van der Waals surface area contributed by atoms with Crippen LogP contribution < -0.4 is 11.1 Å². The minimum absolute atomic E-state index is 0.110. The monoisotopic (exact) mass is 316 g/mol. The molecule has 0 saturated heterocycles. The lowest BCUT2D eigenvalue weighted by atomic mass is 10.2. The van der Waals surface area contributed by atoms with Gasteiger partial charge in [-0.25, -0.2) is 0 Å². The number of nitrogens with one attached hydrogen (secondary N) is 1. The van der Waals surface area contributed by atoms with Gasteiger partial charge in [-0.2, -0.15) is 0 Å². The zero-order chi connectivity index (χ0) is 15.3. The van der Waals surface area contributed by atoms with E-state index in [1.54, 1.807) is 25.1 Å². The highest BCUT2D eigenvalue weighted by Gasteiger charge is 2.24. The van der Waals surface area contributed by atoms with Crippen LogP contribution in [0.15, 0.2) is 23.1 Å². The van der Waals surface area contributed by atoms with Crippen LogP contribution in [-0.4, -0.2) is 21.4 Å². The molecule has 0 aromatic heterocycles. The number of carbonyl (C=O) groups excluding carboxylic acids is 1. The van der Waals surface area contributed by atoms with Crippen molar-refractivity contribution in [3.63, 3.8) is 0 Å². The van der Waals surface area contributed by atoms with Crippen LogP contribution in [0.3, 0.4) is 0 Å². The smallest absolute Gasteiger partial charge is 0.236 e. The van der Waals surface area contributed by atoms with E-state index in [1.165, 1.54) is 0 Å². The highest BCUT2D eigenvalue weighted by molar-refractivity contribution is 7.86. The minimum Gasteiger partial charge on any atom is -0.398 e. The fourth-order valence-corrected chi connectivity index (χ4v) is 3.21. The molecule has 1 aromatic rings. The number of halogens is 1. The summed E-state index contributed by atoms with van der Waals surface area (Å²) in [7, 11) is -1.52. The molecule has 0 spiro atoms. The molecule has 0 saturated carbocycles. The van der Waals surface area contributed by atoms with Gasteiger partial charge in [0.15, 0.2) is 0 Å². The summed E-state index contributed by atoms with van der Waals surface area (Å²) >= 11 is 5.88. The van der Waals surface area contributed by atoms with E-state index in [4.69, 9.17) is 17.3 Å². The summed E-state index contributed by atoms with van der Waals surface area (Å²) < 4.78 is 12.4. The summed E-state index contributed by atoms with van der Waals surface area (Å²) in [5.74, 6) is -0.226. The van der Waals surface area contributed by atoms with Crippen molar-refractivity contribution < 1.29 is 9.00 Å².